The SMILES string of the molecule is COc1ccc(CNS(=O)(=O)c2cnc(Cl)s2)cn1. The fourth-order valence-corrected chi connectivity index (χ4v) is 3.60. The van der Waals surface area contributed by atoms with Crippen LogP contribution in [0.4, 0.5) is 0 Å². The zero-order valence-electron chi connectivity index (χ0n) is 9.83. The summed E-state index contributed by atoms with van der Waals surface area (Å²) in [4.78, 5) is 7.68. The van der Waals surface area contributed by atoms with Crippen LogP contribution < -0.4 is 9.46 Å². The summed E-state index contributed by atoms with van der Waals surface area (Å²) in [6, 6.07) is 3.39. The van der Waals surface area contributed by atoms with Gasteiger partial charge in [-0.15, -0.1) is 0 Å². The highest BCUT2D eigenvalue weighted by molar-refractivity contribution is 7.91. The number of rotatable bonds is 5. The molecule has 0 unspecified atom stereocenters. The second-order valence-electron chi connectivity index (χ2n) is 3.47. The topological polar surface area (TPSA) is 81.2 Å². The number of hydrogen-bond acceptors (Lipinski definition) is 6. The molecule has 2 rings (SSSR count). The summed E-state index contributed by atoms with van der Waals surface area (Å²) >= 11 is 6.51. The first kappa shape index (κ1) is 14.2. The van der Waals surface area contributed by atoms with Crippen molar-refractivity contribution in [2.75, 3.05) is 7.11 Å². The van der Waals surface area contributed by atoms with Gasteiger partial charge in [0.1, 0.15) is 0 Å². The summed E-state index contributed by atoms with van der Waals surface area (Å²) in [5.41, 5.74) is 0.722. The van der Waals surface area contributed by atoms with E-state index in [2.05, 4.69) is 14.7 Å². The minimum Gasteiger partial charge on any atom is -0.481 e. The molecule has 0 aliphatic heterocycles. The molecule has 102 valence electrons. The van der Waals surface area contributed by atoms with E-state index < -0.39 is 10.0 Å². The van der Waals surface area contributed by atoms with Gasteiger partial charge >= 0.3 is 0 Å². The van der Waals surface area contributed by atoms with Crippen LogP contribution in [-0.4, -0.2) is 25.5 Å². The molecule has 1 N–H and O–H groups in total. The lowest BCUT2D eigenvalue weighted by molar-refractivity contribution is 0.397. The maximum atomic E-state index is 11.9. The van der Waals surface area contributed by atoms with Crippen LogP contribution in [0.25, 0.3) is 0 Å². The number of hydrogen-bond donors (Lipinski definition) is 1. The molecule has 0 saturated carbocycles. The summed E-state index contributed by atoms with van der Waals surface area (Å²) in [5.74, 6) is 0.473. The van der Waals surface area contributed by atoms with Gasteiger partial charge in [-0.1, -0.05) is 29.0 Å². The molecule has 0 spiro atoms. The fraction of sp³-hybridized carbons (Fsp3) is 0.200. The van der Waals surface area contributed by atoms with Crippen molar-refractivity contribution in [1.82, 2.24) is 14.7 Å². The normalized spacial score (nSPS) is 11.5. The lowest BCUT2D eigenvalue weighted by atomic mass is 10.3. The number of pyridine rings is 1. The zero-order valence-corrected chi connectivity index (χ0v) is 12.2. The van der Waals surface area contributed by atoms with Crippen molar-refractivity contribution in [3.63, 3.8) is 0 Å². The first-order valence-corrected chi connectivity index (χ1v) is 7.79. The predicted octanol–water partition coefficient (Wildman–Crippen LogP) is 1.68. The number of thiazole rings is 1. The largest absolute Gasteiger partial charge is 0.481 e. The first-order chi connectivity index (χ1) is 9.01. The van der Waals surface area contributed by atoms with Gasteiger partial charge in [0.05, 0.1) is 13.3 Å². The maximum Gasteiger partial charge on any atom is 0.252 e. The van der Waals surface area contributed by atoms with Crippen LogP contribution in [0.3, 0.4) is 0 Å². The molecule has 2 aromatic rings. The molecular weight excluding hydrogens is 310 g/mol. The van der Waals surface area contributed by atoms with Gasteiger partial charge in [0.15, 0.2) is 8.68 Å². The van der Waals surface area contributed by atoms with Crippen molar-refractivity contribution in [2.24, 2.45) is 0 Å². The van der Waals surface area contributed by atoms with E-state index in [0.717, 1.165) is 16.9 Å². The van der Waals surface area contributed by atoms with Crippen molar-refractivity contribution >= 4 is 33.0 Å². The molecule has 0 atom stereocenters. The number of nitrogens with one attached hydrogen (secondary N) is 1. The highest BCUT2D eigenvalue weighted by Gasteiger charge is 2.17. The third-order valence-corrected chi connectivity index (χ3v) is 5.17. The molecule has 0 amide bonds. The van der Waals surface area contributed by atoms with Gasteiger partial charge in [-0.05, 0) is 5.56 Å². The molecule has 19 heavy (non-hydrogen) atoms. The van der Waals surface area contributed by atoms with E-state index in [0.29, 0.717) is 5.88 Å². The van der Waals surface area contributed by atoms with Crippen molar-refractivity contribution in [3.8, 4) is 5.88 Å². The Kier molecular flexibility index (Phi) is 4.35. The van der Waals surface area contributed by atoms with E-state index in [9.17, 15) is 8.42 Å². The quantitative estimate of drug-likeness (QED) is 0.906. The van der Waals surface area contributed by atoms with Crippen molar-refractivity contribution < 1.29 is 13.2 Å². The third kappa shape index (κ3) is 3.63. The van der Waals surface area contributed by atoms with Gasteiger partial charge in [-0.2, -0.15) is 0 Å². The minimum atomic E-state index is -3.59. The third-order valence-electron chi connectivity index (χ3n) is 2.19. The van der Waals surface area contributed by atoms with Gasteiger partial charge in [-0.3, -0.25) is 0 Å². The Bertz CT molecular complexity index is 655. The number of methoxy groups -OCH3 is 1. The number of sulfonamides is 1. The average molecular weight is 320 g/mol. The fourth-order valence-electron chi connectivity index (χ4n) is 1.25. The van der Waals surface area contributed by atoms with Gasteiger partial charge < -0.3 is 4.74 Å². The lowest BCUT2D eigenvalue weighted by Gasteiger charge is -2.05. The van der Waals surface area contributed by atoms with Crippen molar-refractivity contribution in [3.05, 3.63) is 34.6 Å². The molecule has 2 heterocycles. The van der Waals surface area contributed by atoms with Crippen molar-refractivity contribution in [1.29, 1.82) is 0 Å². The van der Waals surface area contributed by atoms with Crippen LogP contribution in [0.5, 0.6) is 5.88 Å². The summed E-state index contributed by atoms with van der Waals surface area (Å²) in [7, 11) is -2.08. The lowest BCUT2D eigenvalue weighted by Crippen LogP contribution is -2.22. The molecule has 0 aliphatic carbocycles. The molecule has 0 radical (unpaired) electrons. The molecule has 2 aromatic heterocycles. The van der Waals surface area contributed by atoms with Crippen molar-refractivity contribution in [2.45, 2.75) is 10.8 Å². The van der Waals surface area contributed by atoms with Gasteiger partial charge in [-0.25, -0.2) is 23.1 Å². The molecule has 0 fully saturated rings. The smallest absolute Gasteiger partial charge is 0.252 e. The van der Waals surface area contributed by atoms with E-state index >= 15 is 0 Å². The van der Waals surface area contributed by atoms with Crippen LogP contribution >= 0.6 is 22.9 Å². The molecule has 0 aromatic carbocycles. The number of ether oxygens (including phenoxy) is 1. The molecule has 0 saturated heterocycles. The molecule has 0 aliphatic rings. The van der Waals surface area contributed by atoms with E-state index in [1.165, 1.54) is 13.3 Å². The number of halogens is 1. The Balaban J connectivity index is 2.05. The first-order valence-electron chi connectivity index (χ1n) is 5.11. The Morgan fingerprint density at radius 1 is 1.37 bits per heavy atom. The maximum absolute atomic E-state index is 11.9. The second-order valence-corrected chi connectivity index (χ2v) is 7.07. The van der Waals surface area contributed by atoms with E-state index in [-0.39, 0.29) is 15.2 Å². The average Bonchev–Trinajstić information content (AvgIpc) is 2.85. The number of aromatic nitrogens is 2. The molecular formula is C10H10ClN3O3S2. The van der Waals surface area contributed by atoms with Gasteiger partial charge in [0.25, 0.3) is 10.0 Å². The summed E-state index contributed by atoms with van der Waals surface area (Å²) in [6.07, 6.45) is 2.77. The summed E-state index contributed by atoms with van der Waals surface area (Å²) in [6.45, 7) is 0.134. The molecule has 9 heteroatoms. The summed E-state index contributed by atoms with van der Waals surface area (Å²) in [5, 5.41) is 0. The Morgan fingerprint density at radius 2 is 2.16 bits per heavy atom. The highest BCUT2D eigenvalue weighted by atomic mass is 35.5. The van der Waals surface area contributed by atoms with Gasteiger partial charge in [0.2, 0.25) is 5.88 Å². The van der Waals surface area contributed by atoms with Crippen LogP contribution in [0.1, 0.15) is 5.56 Å². The zero-order chi connectivity index (χ0) is 13.9. The second kappa shape index (κ2) is 5.83. The Morgan fingerprint density at radius 3 is 2.68 bits per heavy atom. The van der Waals surface area contributed by atoms with Crippen LogP contribution in [0, 0.1) is 0 Å². The predicted molar refractivity (Wildman–Crippen MR) is 71.9 cm³/mol. The van der Waals surface area contributed by atoms with Crippen LogP contribution in [0.2, 0.25) is 4.47 Å². The Labute approximate surface area is 119 Å². The minimum absolute atomic E-state index is 0.0824. The molecule has 6 nitrogen and oxygen atoms in total. The number of nitrogens with zero attached hydrogens (tertiary/aromatic N) is 2. The van der Waals surface area contributed by atoms with E-state index in [1.807, 2.05) is 0 Å². The van der Waals surface area contributed by atoms with E-state index in [1.54, 1.807) is 18.3 Å². The highest BCUT2D eigenvalue weighted by Crippen LogP contribution is 2.22. The Hall–Kier alpha value is -1.22. The molecule has 0 bridgehead atoms. The monoisotopic (exact) mass is 319 g/mol. The standard InChI is InChI=1S/C10H10ClN3O3S2/c1-17-8-3-2-7(4-12-8)5-14-19(15,16)9-6-13-10(11)18-9/h2-4,6,14H,5H2,1H3. The summed E-state index contributed by atoms with van der Waals surface area (Å²) < 4.78 is 31.4. The van der Waals surface area contributed by atoms with Crippen LogP contribution in [0.15, 0.2) is 28.7 Å². The van der Waals surface area contributed by atoms with E-state index in [4.69, 9.17) is 16.3 Å². The van der Waals surface area contributed by atoms with Gasteiger partial charge in [0, 0.05) is 18.8 Å². The van der Waals surface area contributed by atoms with Crippen LogP contribution in [-0.2, 0) is 16.6 Å².